The van der Waals surface area contributed by atoms with E-state index in [4.69, 9.17) is 5.73 Å². The second-order valence-electron chi connectivity index (χ2n) is 7.09. The van der Waals surface area contributed by atoms with Crippen molar-refractivity contribution in [1.82, 2.24) is 25.3 Å². The molecule has 1 fully saturated rings. The average Bonchev–Trinajstić information content (AvgIpc) is 3.19. The van der Waals surface area contributed by atoms with E-state index in [9.17, 15) is 14.4 Å². The standard InChI is InChI=1S/C20H26N8O3/c1-22-20(27-7-8-28(18(30)13-27)16-10-25-26(2)12-16)24-9-14-3-5-15(6-4-14)19(31)23-11-17(21)29/h3-6,10,12H,7-9,11,13H2,1-2H3,(H2,21,29)(H,22,24)(H,23,31). The summed E-state index contributed by atoms with van der Waals surface area (Å²) in [6.45, 7) is 1.67. The molecule has 1 aliphatic heterocycles. The fraction of sp³-hybridized carbons (Fsp3) is 0.350. The third-order valence-electron chi connectivity index (χ3n) is 4.82. The molecule has 0 bridgehead atoms. The summed E-state index contributed by atoms with van der Waals surface area (Å²) >= 11 is 0. The van der Waals surface area contributed by atoms with Crippen LogP contribution in [0.5, 0.6) is 0 Å². The summed E-state index contributed by atoms with van der Waals surface area (Å²) in [6.07, 6.45) is 3.50. The molecule has 3 rings (SSSR count). The Morgan fingerprint density at radius 2 is 1.94 bits per heavy atom. The van der Waals surface area contributed by atoms with Crippen molar-refractivity contribution in [2.45, 2.75) is 6.54 Å². The van der Waals surface area contributed by atoms with Gasteiger partial charge in [-0.25, -0.2) is 0 Å². The minimum Gasteiger partial charge on any atom is -0.368 e. The number of carbonyl (C=O) groups is 3. The number of rotatable bonds is 6. The Balaban J connectivity index is 1.53. The van der Waals surface area contributed by atoms with Crippen LogP contribution in [0, 0.1) is 0 Å². The van der Waals surface area contributed by atoms with Crippen molar-refractivity contribution in [3.63, 3.8) is 0 Å². The third-order valence-corrected chi connectivity index (χ3v) is 4.82. The molecule has 164 valence electrons. The van der Waals surface area contributed by atoms with Crippen molar-refractivity contribution in [1.29, 1.82) is 0 Å². The highest BCUT2D eigenvalue weighted by atomic mass is 16.2. The first kappa shape index (κ1) is 21.8. The van der Waals surface area contributed by atoms with Gasteiger partial charge in [-0.15, -0.1) is 0 Å². The van der Waals surface area contributed by atoms with Crippen molar-refractivity contribution in [2.75, 3.05) is 38.1 Å². The Labute approximate surface area is 179 Å². The second kappa shape index (κ2) is 9.74. The normalized spacial score (nSPS) is 14.5. The number of nitrogens with one attached hydrogen (secondary N) is 2. The highest BCUT2D eigenvalue weighted by molar-refractivity contribution is 5.98. The Morgan fingerprint density at radius 3 is 2.52 bits per heavy atom. The maximum Gasteiger partial charge on any atom is 0.251 e. The molecule has 31 heavy (non-hydrogen) atoms. The van der Waals surface area contributed by atoms with E-state index >= 15 is 0 Å². The number of piperazine rings is 1. The van der Waals surface area contributed by atoms with Crippen LogP contribution in [0.25, 0.3) is 0 Å². The van der Waals surface area contributed by atoms with Gasteiger partial charge in [0.25, 0.3) is 5.91 Å². The molecule has 4 N–H and O–H groups in total. The lowest BCUT2D eigenvalue weighted by Crippen LogP contribution is -2.55. The van der Waals surface area contributed by atoms with Crippen LogP contribution in [0.4, 0.5) is 5.69 Å². The molecule has 0 aliphatic carbocycles. The molecule has 3 amide bonds. The number of nitrogens with two attached hydrogens (primary N) is 1. The van der Waals surface area contributed by atoms with Gasteiger partial charge in [0.2, 0.25) is 11.8 Å². The number of hydrogen-bond donors (Lipinski definition) is 3. The van der Waals surface area contributed by atoms with E-state index in [0.29, 0.717) is 31.2 Å². The maximum absolute atomic E-state index is 12.6. The second-order valence-corrected chi connectivity index (χ2v) is 7.09. The minimum absolute atomic E-state index is 0.0199. The zero-order valence-electron chi connectivity index (χ0n) is 17.5. The van der Waals surface area contributed by atoms with Crippen molar-refractivity contribution < 1.29 is 14.4 Å². The van der Waals surface area contributed by atoms with E-state index in [1.807, 2.05) is 30.3 Å². The first-order valence-corrected chi connectivity index (χ1v) is 9.77. The van der Waals surface area contributed by atoms with Gasteiger partial charge in [0.1, 0.15) is 6.54 Å². The van der Waals surface area contributed by atoms with Crippen molar-refractivity contribution in [3.8, 4) is 0 Å². The van der Waals surface area contributed by atoms with Crippen LogP contribution in [0.2, 0.25) is 0 Å². The summed E-state index contributed by atoms with van der Waals surface area (Å²) in [5, 5.41) is 9.82. The third kappa shape index (κ3) is 5.59. The van der Waals surface area contributed by atoms with Crippen LogP contribution in [0.15, 0.2) is 41.7 Å². The first-order chi connectivity index (χ1) is 14.9. The number of hydrogen-bond acceptors (Lipinski definition) is 5. The van der Waals surface area contributed by atoms with E-state index in [-0.39, 0.29) is 24.9 Å². The number of aryl methyl sites for hydroxylation is 1. The Hall–Kier alpha value is -3.89. The van der Waals surface area contributed by atoms with Gasteiger partial charge >= 0.3 is 0 Å². The zero-order chi connectivity index (χ0) is 22.4. The van der Waals surface area contributed by atoms with Crippen molar-refractivity contribution in [3.05, 3.63) is 47.8 Å². The largest absolute Gasteiger partial charge is 0.368 e. The summed E-state index contributed by atoms with van der Waals surface area (Å²) in [4.78, 5) is 43.2. The molecular formula is C20H26N8O3. The molecule has 11 heteroatoms. The molecule has 0 spiro atoms. The minimum atomic E-state index is -0.597. The molecule has 0 unspecified atom stereocenters. The van der Waals surface area contributed by atoms with Crippen LogP contribution in [-0.4, -0.2) is 71.6 Å². The van der Waals surface area contributed by atoms with Gasteiger partial charge in [-0.3, -0.25) is 24.1 Å². The highest BCUT2D eigenvalue weighted by Crippen LogP contribution is 2.16. The molecule has 0 radical (unpaired) electrons. The summed E-state index contributed by atoms with van der Waals surface area (Å²) in [7, 11) is 3.49. The van der Waals surface area contributed by atoms with Crippen LogP contribution in [0.1, 0.15) is 15.9 Å². The molecule has 0 atom stereocenters. The molecule has 0 saturated carbocycles. The quantitative estimate of drug-likeness (QED) is 0.403. The molecule has 2 aromatic rings. The van der Waals surface area contributed by atoms with Gasteiger partial charge in [0, 0.05) is 45.5 Å². The van der Waals surface area contributed by atoms with Gasteiger partial charge in [-0.1, -0.05) is 12.1 Å². The van der Waals surface area contributed by atoms with E-state index in [1.54, 1.807) is 35.0 Å². The summed E-state index contributed by atoms with van der Waals surface area (Å²) < 4.78 is 1.67. The lowest BCUT2D eigenvalue weighted by atomic mass is 10.1. The monoisotopic (exact) mass is 426 g/mol. The highest BCUT2D eigenvalue weighted by Gasteiger charge is 2.27. The van der Waals surface area contributed by atoms with E-state index < -0.39 is 5.91 Å². The van der Waals surface area contributed by atoms with Gasteiger partial charge in [0.15, 0.2) is 5.96 Å². The number of guanidine groups is 1. The fourth-order valence-electron chi connectivity index (χ4n) is 3.23. The Bertz CT molecular complexity index is 983. The number of aliphatic imine (C=N–C) groups is 1. The predicted octanol–water partition coefficient (Wildman–Crippen LogP) is -0.941. The van der Waals surface area contributed by atoms with E-state index in [2.05, 4.69) is 20.7 Å². The molecular weight excluding hydrogens is 400 g/mol. The van der Waals surface area contributed by atoms with Crippen LogP contribution in [0.3, 0.4) is 0 Å². The molecule has 1 aromatic heterocycles. The summed E-state index contributed by atoms with van der Waals surface area (Å²) in [6, 6.07) is 6.97. The smallest absolute Gasteiger partial charge is 0.251 e. The number of benzene rings is 1. The zero-order valence-corrected chi connectivity index (χ0v) is 17.5. The number of anilines is 1. The van der Waals surface area contributed by atoms with Gasteiger partial charge in [0.05, 0.1) is 18.4 Å². The number of nitrogens with zero attached hydrogens (tertiary/aromatic N) is 5. The molecule has 11 nitrogen and oxygen atoms in total. The van der Waals surface area contributed by atoms with Gasteiger partial charge in [-0.05, 0) is 17.7 Å². The first-order valence-electron chi connectivity index (χ1n) is 9.77. The average molecular weight is 426 g/mol. The number of carbonyl (C=O) groups excluding carboxylic acids is 3. The SMILES string of the molecule is CN=C(NCc1ccc(C(=O)NCC(N)=O)cc1)N1CCN(c2cnn(C)c2)C(=O)C1. The lowest BCUT2D eigenvalue weighted by Gasteiger charge is -2.35. The molecule has 1 aliphatic rings. The fourth-order valence-corrected chi connectivity index (χ4v) is 3.23. The predicted molar refractivity (Wildman–Crippen MR) is 115 cm³/mol. The van der Waals surface area contributed by atoms with E-state index in [0.717, 1.165) is 11.3 Å². The Kier molecular flexibility index (Phi) is 6.85. The molecule has 2 heterocycles. The van der Waals surface area contributed by atoms with E-state index in [1.165, 1.54) is 0 Å². The van der Waals surface area contributed by atoms with Gasteiger partial charge < -0.3 is 26.2 Å². The number of primary amides is 1. The van der Waals surface area contributed by atoms with Crippen molar-refractivity contribution >= 4 is 29.4 Å². The Morgan fingerprint density at radius 1 is 1.19 bits per heavy atom. The molecule has 1 saturated heterocycles. The van der Waals surface area contributed by atoms with Crippen molar-refractivity contribution in [2.24, 2.45) is 17.8 Å². The van der Waals surface area contributed by atoms with Crippen LogP contribution >= 0.6 is 0 Å². The maximum atomic E-state index is 12.6. The number of amides is 3. The van der Waals surface area contributed by atoms with Crippen LogP contribution in [-0.2, 0) is 23.2 Å². The van der Waals surface area contributed by atoms with Crippen LogP contribution < -0.4 is 21.3 Å². The number of aromatic nitrogens is 2. The topological polar surface area (TPSA) is 138 Å². The van der Waals surface area contributed by atoms with Gasteiger partial charge in [-0.2, -0.15) is 5.10 Å². The summed E-state index contributed by atoms with van der Waals surface area (Å²) in [5.74, 6) is -0.351. The lowest BCUT2D eigenvalue weighted by molar-refractivity contribution is -0.120. The molecule has 1 aromatic carbocycles. The summed E-state index contributed by atoms with van der Waals surface area (Å²) in [5.41, 5.74) is 7.19.